The molecule has 0 amide bonds. The first kappa shape index (κ1) is 9.17. The van der Waals surface area contributed by atoms with E-state index in [1.165, 1.54) is 0 Å². The van der Waals surface area contributed by atoms with E-state index in [0.717, 1.165) is 0 Å². The average Bonchev–Trinajstić information content (AvgIpc) is 2.30. The van der Waals surface area contributed by atoms with Crippen molar-refractivity contribution in [3.05, 3.63) is 17.5 Å². The van der Waals surface area contributed by atoms with Gasteiger partial charge in [0, 0.05) is 6.07 Å². The van der Waals surface area contributed by atoms with Gasteiger partial charge in [-0.25, -0.2) is 5.14 Å². The third kappa shape index (κ3) is 2.99. The zero-order valence-corrected chi connectivity index (χ0v) is 7.26. The molecule has 0 bridgehead atoms. The average molecular weight is 191 g/mol. The minimum Gasteiger partial charge on any atom is -0.360 e. The molecule has 1 aromatic rings. The number of aryl methyl sites for hydroxylation is 1. The van der Waals surface area contributed by atoms with E-state index in [9.17, 15) is 8.42 Å². The van der Waals surface area contributed by atoms with Gasteiger partial charge in [-0.05, 0) is 6.92 Å². The van der Waals surface area contributed by atoms with Crippen LogP contribution in [0, 0.1) is 6.92 Å². The first-order chi connectivity index (χ1) is 5.47. The Hall–Kier alpha value is -0.920. The molecule has 0 saturated carbocycles. The Bertz CT molecular complexity index is 356. The highest BCUT2D eigenvalue weighted by atomic mass is 32.2. The molecular weight excluding hydrogens is 182 g/mol. The summed E-state index contributed by atoms with van der Waals surface area (Å²) in [6.07, 6.45) is 0. The number of nitrogens with two attached hydrogens (primary N) is 1. The summed E-state index contributed by atoms with van der Waals surface area (Å²) >= 11 is 0. The lowest BCUT2D eigenvalue weighted by molar-refractivity contribution is 0.377. The number of hydrogen-bond acceptors (Lipinski definition) is 4. The molecule has 0 saturated heterocycles. The van der Waals surface area contributed by atoms with Crippen molar-refractivity contribution in [2.75, 3.05) is 0 Å². The number of rotatable bonds is 3. The lowest BCUT2D eigenvalue weighted by Crippen LogP contribution is -2.30. The maximum atomic E-state index is 10.4. The Labute approximate surface area is 69.9 Å². The minimum atomic E-state index is -3.65. The van der Waals surface area contributed by atoms with Gasteiger partial charge in [0.1, 0.15) is 0 Å². The fraction of sp³-hybridized carbons (Fsp3) is 0.400. The molecule has 0 unspecified atom stereocenters. The van der Waals surface area contributed by atoms with Crippen LogP contribution < -0.4 is 9.86 Å². The summed E-state index contributed by atoms with van der Waals surface area (Å²) in [6, 6.07) is 1.62. The molecule has 68 valence electrons. The highest BCUT2D eigenvalue weighted by Gasteiger charge is 2.04. The molecule has 0 aliphatic heterocycles. The highest BCUT2D eigenvalue weighted by molar-refractivity contribution is 7.87. The summed E-state index contributed by atoms with van der Waals surface area (Å²) in [5, 5.41) is 8.26. The van der Waals surface area contributed by atoms with E-state index in [4.69, 9.17) is 4.52 Å². The third-order valence-corrected chi connectivity index (χ3v) is 1.67. The van der Waals surface area contributed by atoms with Gasteiger partial charge in [-0.1, -0.05) is 5.16 Å². The van der Waals surface area contributed by atoms with Crippen molar-refractivity contribution in [2.45, 2.75) is 13.5 Å². The van der Waals surface area contributed by atoms with Crippen LogP contribution in [-0.4, -0.2) is 13.6 Å². The van der Waals surface area contributed by atoms with Crippen molar-refractivity contribution in [3.63, 3.8) is 0 Å². The summed E-state index contributed by atoms with van der Waals surface area (Å²) in [5.41, 5.74) is 0.696. The van der Waals surface area contributed by atoms with Gasteiger partial charge in [0.15, 0.2) is 5.76 Å². The van der Waals surface area contributed by atoms with E-state index >= 15 is 0 Å². The second-order valence-corrected chi connectivity index (χ2v) is 3.68. The fourth-order valence-electron chi connectivity index (χ4n) is 0.671. The molecule has 1 rings (SSSR count). The molecule has 1 aromatic heterocycles. The number of nitrogens with one attached hydrogen (secondary N) is 1. The first-order valence-corrected chi connectivity index (χ1v) is 4.71. The molecule has 0 aliphatic carbocycles. The molecule has 3 N–H and O–H groups in total. The monoisotopic (exact) mass is 191 g/mol. The van der Waals surface area contributed by atoms with Crippen molar-refractivity contribution >= 4 is 10.2 Å². The lowest BCUT2D eigenvalue weighted by Gasteiger charge is -1.95. The second-order valence-electron chi connectivity index (χ2n) is 2.30. The van der Waals surface area contributed by atoms with E-state index in [2.05, 4.69) is 15.0 Å². The van der Waals surface area contributed by atoms with E-state index < -0.39 is 10.2 Å². The summed E-state index contributed by atoms with van der Waals surface area (Å²) in [7, 11) is -3.65. The Balaban J connectivity index is 2.55. The minimum absolute atomic E-state index is 0.0275. The molecule has 0 aromatic carbocycles. The van der Waals surface area contributed by atoms with E-state index in [0.29, 0.717) is 11.5 Å². The predicted molar refractivity (Wildman–Crippen MR) is 41.2 cm³/mol. The summed E-state index contributed by atoms with van der Waals surface area (Å²) in [5.74, 6) is 0.432. The van der Waals surface area contributed by atoms with Crippen LogP contribution in [0.4, 0.5) is 0 Å². The van der Waals surface area contributed by atoms with Crippen LogP contribution in [0.5, 0.6) is 0 Å². The van der Waals surface area contributed by atoms with Crippen molar-refractivity contribution in [1.29, 1.82) is 0 Å². The fourth-order valence-corrected chi connectivity index (χ4v) is 1.01. The zero-order chi connectivity index (χ0) is 9.19. The van der Waals surface area contributed by atoms with Crippen LogP contribution in [-0.2, 0) is 16.8 Å². The maximum absolute atomic E-state index is 10.4. The van der Waals surface area contributed by atoms with Crippen LogP contribution in [0.25, 0.3) is 0 Å². The lowest BCUT2D eigenvalue weighted by atomic mass is 10.4. The van der Waals surface area contributed by atoms with Crippen molar-refractivity contribution in [2.24, 2.45) is 5.14 Å². The molecule has 1 heterocycles. The molecule has 0 aliphatic rings. The molecular formula is C5H9N3O3S. The molecule has 6 nitrogen and oxygen atoms in total. The Morgan fingerprint density at radius 2 is 2.42 bits per heavy atom. The van der Waals surface area contributed by atoms with E-state index in [1.807, 2.05) is 0 Å². The summed E-state index contributed by atoms with van der Waals surface area (Å²) < 4.78 is 27.6. The molecule has 0 radical (unpaired) electrons. The SMILES string of the molecule is Cc1cc(CNS(N)(=O)=O)on1. The molecule has 12 heavy (non-hydrogen) atoms. The third-order valence-electron chi connectivity index (χ3n) is 1.12. The van der Waals surface area contributed by atoms with Crippen LogP contribution in [0.3, 0.4) is 0 Å². The topological polar surface area (TPSA) is 98.2 Å². The molecule has 7 heteroatoms. The first-order valence-electron chi connectivity index (χ1n) is 3.17. The quantitative estimate of drug-likeness (QED) is 0.658. The number of hydrogen-bond donors (Lipinski definition) is 2. The van der Waals surface area contributed by atoms with Crippen LogP contribution in [0.15, 0.2) is 10.6 Å². The normalized spacial score (nSPS) is 11.8. The van der Waals surface area contributed by atoms with Gasteiger partial charge in [0.2, 0.25) is 0 Å². The Kier molecular flexibility index (Phi) is 2.46. The van der Waals surface area contributed by atoms with Gasteiger partial charge in [-0.15, -0.1) is 0 Å². The highest BCUT2D eigenvalue weighted by Crippen LogP contribution is 2.00. The standard InChI is InChI=1S/C5H9N3O3S/c1-4-2-5(11-8-4)3-7-12(6,9)10/h2,7H,3H2,1H3,(H2,6,9,10). The van der Waals surface area contributed by atoms with Gasteiger partial charge in [0.05, 0.1) is 12.2 Å². The Morgan fingerprint density at radius 1 is 1.75 bits per heavy atom. The zero-order valence-electron chi connectivity index (χ0n) is 6.44. The van der Waals surface area contributed by atoms with Gasteiger partial charge >= 0.3 is 0 Å². The van der Waals surface area contributed by atoms with Gasteiger partial charge in [-0.3, -0.25) is 0 Å². The summed E-state index contributed by atoms with van der Waals surface area (Å²) in [6.45, 7) is 1.77. The van der Waals surface area contributed by atoms with Gasteiger partial charge < -0.3 is 4.52 Å². The van der Waals surface area contributed by atoms with Crippen molar-refractivity contribution in [3.8, 4) is 0 Å². The van der Waals surface area contributed by atoms with Gasteiger partial charge in [-0.2, -0.15) is 13.1 Å². The predicted octanol–water partition coefficient (Wildman–Crippen LogP) is -0.724. The largest absolute Gasteiger partial charge is 0.360 e. The van der Waals surface area contributed by atoms with Crippen LogP contribution >= 0.6 is 0 Å². The number of nitrogens with zero attached hydrogens (tertiary/aromatic N) is 1. The molecule has 0 fully saturated rings. The Morgan fingerprint density at radius 3 is 2.83 bits per heavy atom. The maximum Gasteiger partial charge on any atom is 0.274 e. The van der Waals surface area contributed by atoms with E-state index in [-0.39, 0.29) is 6.54 Å². The second kappa shape index (κ2) is 3.21. The number of aromatic nitrogens is 1. The van der Waals surface area contributed by atoms with Crippen molar-refractivity contribution < 1.29 is 12.9 Å². The van der Waals surface area contributed by atoms with Crippen LogP contribution in [0.2, 0.25) is 0 Å². The van der Waals surface area contributed by atoms with E-state index in [1.54, 1.807) is 13.0 Å². The summed E-state index contributed by atoms with van der Waals surface area (Å²) in [4.78, 5) is 0. The van der Waals surface area contributed by atoms with Gasteiger partial charge in [0.25, 0.3) is 10.2 Å². The molecule has 0 spiro atoms. The van der Waals surface area contributed by atoms with Crippen molar-refractivity contribution in [1.82, 2.24) is 9.88 Å². The smallest absolute Gasteiger partial charge is 0.274 e. The van der Waals surface area contributed by atoms with Crippen LogP contribution in [0.1, 0.15) is 11.5 Å². The molecule has 0 atom stereocenters.